The number of rotatable bonds is 15. The van der Waals surface area contributed by atoms with E-state index in [1.54, 1.807) is 3.59 Å². The van der Waals surface area contributed by atoms with Gasteiger partial charge in [-0.3, -0.25) is 0 Å². The molecule has 0 unspecified atom stereocenters. The van der Waals surface area contributed by atoms with E-state index in [9.17, 15) is 0 Å². The third-order valence-electron chi connectivity index (χ3n) is 8.27. The summed E-state index contributed by atoms with van der Waals surface area (Å²) in [6, 6.07) is 10.5. The number of hydrogen-bond donors (Lipinski definition) is 0. The Balaban J connectivity index is 2.55. The van der Waals surface area contributed by atoms with Crippen molar-refractivity contribution in [1.82, 2.24) is 0 Å². The summed E-state index contributed by atoms with van der Waals surface area (Å²) >= 11 is -2.50. The van der Waals surface area contributed by atoms with Crippen molar-refractivity contribution in [3.05, 3.63) is 58.2 Å². The molecule has 0 saturated carbocycles. The molecule has 1 saturated heterocycles. The summed E-state index contributed by atoms with van der Waals surface area (Å²) < 4.78 is 19.8. The van der Waals surface area contributed by atoms with Crippen molar-refractivity contribution in [1.29, 1.82) is 0 Å². The first-order valence-electron chi connectivity index (χ1n) is 14.1. The molecule has 0 radical (unpaired) electrons. The third-order valence-corrected chi connectivity index (χ3v) is 24.7. The molecule has 192 valence electrons. The quantitative estimate of drug-likeness (QED) is 0.153. The summed E-state index contributed by atoms with van der Waals surface area (Å²) in [4.78, 5) is 0. The van der Waals surface area contributed by atoms with Crippen LogP contribution in [0.4, 0.5) is 0 Å². The average molecular weight is 575 g/mol. The molecule has 0 aliphatic carbocycles. The summed E-state index contributed by atoms with van der Waals surface area (Å²) in [5, 5.41) is 0. The molecular formula is C31H52O2Sn. The molecule has 34 heavy (non-hydrogen) atoms. The Morgan fingerprint density at radius 1 is 0.882 bits per heavy atom. The van der Waals surface area contributed by atoms with Gasteiger partial charge in [-0.2, -0.15) is 0 Å². The number of allylic oxidation sites excluding steroid dienone is 1. The van der Waals surface area contributed by atoms with Crippen LogP contribution in [0.3, 0.4) is 0 Å². The van der Waals surface area contributed by atoms with E-state index >= 15 is 0 Å². The van der Waals surface area contributed by atoms with Gasteiger partial charge in [0.05, 0.1) is 0 Å². The summed E-state index contributed by atoms with van der Waals surface area (Å²) in [5.41, 5.74) is 0.434. The summed E-state index contributed by atoms with van der Waals surface area (Å²) in [5.74, 6) is 0. The van der Waals surface area contributed by atoms with Crippen molar-refractivity contribution in [2.24, 2.45) is 0 Å². The fraction of sp³-hybridized carbons (Fsp3) is 0.677. The Bertz CT molecular complexity index is 736. The van der Waals surface area contributed by atoms with Crippen LogP contribution in [0.25, 0.3) is 0 Å². The number of benzene rings is 1. The molecule has 1 fully saturated rings. The second-order valence-corrected chi connectivity index (χ2v) is 24.5. The first kappa shape index (κ1) is 29.6. The molecule has 1 aliphatic heterocycles. The molecule has 2 nitrogen and oxygen atoms in total. The molecule has 1 aliphatic rings. The van der Waals surface area contributed by atoms with Crippen molar-refractivity contribution >= 4 is 18.4 Å². The molecule has 3 atom stereocenters. The van der Waals surface area contributed by atoms with Crippen molar-refractivity contribution in [2.45, 2.75) is 130 Å². The summed E-state index contributed by atoms with van der Waals surface area (Å²) in [7, 11) is 0. The van der Waals surface area contributed by atoms with Gasteiger partial charge in [0.25, 0.3) is 0 Å². The molecule has 0 aromatic heterocycles. The monoisotopic (exact) mass is 576 g/mol. The minimum atomic E-state index is -2.50. The van der Waals surface area contributed by atoms with Gasteiger partial charge in [-0.15, -0.1) is 0 Å². The van der Waals surface area contributed by atoms with E-state index in [0.717, 1.165) is 24.8 Å². The Hall–Kier alpha value is -0.581. The molecule has 1 aromatic rings. The molecule has 0 spiro atoms. The van der Waals surface area contributed by atoms with Crippen LogP contribution in [-0.2, 0) is 9.47 Å². The first-order chi connectivity index (χ1) is 16.4. The molecule has 0 N–H and O–H groups in total. The van der Waals surface area contributed by atoms with E-state index in [-0.39, 0.29) is 17.5 Å². The van der Waals surface area contributed by atoms with Gasteiger partial charge < -0.3 is 0 Å². The zero-order chi connectivity index (χ0) is 25.1. The van der Waals surface area contributed by atoms with Crippen LogP contribution in [-0.4, -0.2) is 29.6 Å². The van der Waals surface area contributed by atoms with Gasteiger partial charge >= 0.3 is 216 Å². The van der Waals surface area contributed by atoms with Gasteiger partial charge in [-0.1, -0.05) is 0 Å². The third kappa shape index (κ3) is 7.46. The van der Waals surface area contributed by atoms with E-state index in [1.165, 1.54) is 51.8 Å². The number of hydrogen-bond acceptors (Lipinski definition) is 2. The summed E-state index contributed by atoms with van der Waals surface area (Å²) in [6.07, 6.45) is 15.1. The van der Waals surface area contributed by atoms with Crippen molar-refractivity contribution in [3.63, 3.8) is 0 Å². The zero-order valence-corrected chi connectivity index (χ0v) is 26.0. The van der Waals surface area contributed by atoms with Crippen molar-refractivity contribution in [3.8, 4) is 0 Å². The average Bonchev–Trinajstić information content (AvgIpc) is 2.88. The van der Waals surface area contributed by atoms with E-state index in [1.807, 2.05) is 6.08 Å². The normalized spacial score (nSPS) is 25.9. The Kier molecular flexibility index (Phi) is 12.4. The molecule has 1 aromatic carbocycles. The van der Waals surface area contributed by atoms with Crippen molar-refractivity contribution < 1.29 is 9.47 Å². The van der Waals surface area contributed by atoms with Gasteiger partial charge in [0.15, 0.2) is 0 Å². The predicted molar refractivity (Wildman–Crippen MR) is 151 cm³/mol. The predicted octanol–water partition coefficient (Wildman–Crippen LogP) is 9.94. The molecule has 0 bridgehead atoms. The molecular weight excluding hydrogens is 523 g/mol. The van der Waals surface area contributed by atoms with Crippen LogP contribution in [0.2, 0.25) is 13.3 Å². The molecule has 1 heterocycles. The molecule has 0 amide bonds. The zero-order valence-electron chi connectivity index (χ0n) is 23.1. The fourth-order valence-corrected chi connectivity index (χ4v) is 21.7. The Morgan fingerprint density at radius 2 is 1.38 bits per heavy atom. The maximum atomic E-state index is 6.93. The van der Waals surface area contributed by atoms with Crippen LogP contribution >= 0.6 is 0 Å². The van der Waals surface area contributed by atoms with E-state index in [4.69, 9.17) is 9.47 Å². The van der Waals surface area contributed by atoms with E-state index in [0.29, 0.717) is 0 Å². The van der Waals surface area contributed by atoms with Gasteiger partial charge in [0.2, 0.25) is 0 Å². The van der Waals surface area contributed by atoms with Crippen LogP contribution < -0.4 is 0 Å². The first-order valence-corrected chi connectivity index (χ1v) is 21.6. The van der Waals surface area contributed by atoms with Gasteiger partial charge in [-0.05, 0) is 0 Å². The van der Waals surface area contributed by atoms with Crippen LogP contribution in [0.1, 0.15) is 111 Å². The number of ether oxygens (including phenoxy) is 2. The van der Waals surface area contributed by atoms with Gasteiger partial charge in [0, 0.05) is 0 Å². The number of unbranched alkanes of at least 4 members (excludes halogenated alkanes) is 3. The maximum absolute atomic E-state index is 6.93. The minimum absolute atomic E-state index is 0.306. The molecule has 3 heteroatoms. The fourth-order valence-electron chi connectivity index (χ4n) is 5.71. The Labute approximate surface area is 215 Å². The van der Waals surface area contributed by atoms with Crippen LogP contribution in [0, 0.1) is 0 Å². The topological polar surface area (TPSA) is 18.5 Å². The van der Waals surface area contributed by atoms with Crippen LogP contribution in [0.5, 0.6) is 0 Å². The van der Waals surface area contributed by atoms with Gasteiger partial charge in [-0.25, -0.2) is 0 Å². The van der Waals surface area contributed by atoms with Crippen molar-refractivity contribution in [2.75, 3.05) is 0 Å². The second kappa shape index (κ2) is 14.2. The SMILES string of the molecule is C=C[C@]1(CC)C[C@@](/C=[C](\C)[Sn]([CH2]CCC)([CH2]CCC)[CH2]CCC)(CC)O[C@H](c2ccccc2)O1. The second-order valence-electron chi connectivity index (χ2n) is 10.6. The van der Waals surface area contributed by atoms with E-state index in [2.05, 4.69) is 84.5 Å². The summed E-state index contributed by atoms with van der Waals surface area (Å²) in [6.45, 7) is 18.3. The van der Waals surface area contributed by atoms with Crippen LogP contribution in [0.15, 0.2) is 52.7 Å². The Morgan fingerprint density at radius 3 is 1.82 bits per heavy atom. The molecule has 2 rings (SSSR count). The standard InChI is InChI=1S/C19H25O2.3C4H9.Sn/c1-5-14-19(8-4)15-18(6-2,7-3)20-17(21-19)16-12-10-9-11-13-16;3*1-3-4-2;/h6,9-14,17H,2,7-8,15H2,1,3-4H3;3*1,3-4H2,2H3;/t17-,18+,19+;;;;/m1..../s1. The van der Waals surface area contributed by atoms with Gasteiger partial charge in [0.1, 0.15) is 0 Å². The van der Waals surface area contributed by atoms with E-state index < -0.39 is 18.4 Å².